The largest absolute Gasteiger partial charge is 0.480 e. The number of hydrogen-bond donors (Lipinski definition) is 3. The van der Waals surface area contributed by atoms with Crippen LogP contribution in [0, 0.1) is 5.92 Å². The summed E-state index contributed by atoms with van der Waals surface area (Å²) in [5.41, 5.74) is -1.07. The van der Waals surface area contributed by atoms with Gasteiger partial charge in [-0.3, -0.25) is 19.5 Å². The first-order valence-corrected chi connectivity index (χ1v) is 6.17. The monoisotopic (exact) mass is 283 g/mol. The van der Waals surface area contributed by atoms with Crippen LogP contribution in [0.2, 0.25) is 0 Å². The summed E-state index contributed by atoms with van der Waals surface area (Å²) in [5, 5.41) is 13.6. The Morgan fingerprint density at radius 1 is 1.40 bits per heavy atom. The van der Waals surface area contributed by atoms with Crippen molar-refractivity contribution in [3.8, 4) is 0 Å². The normalized spacial score (nSPS) is 13.5. The Bertz CT molecular complexity index is 604. The van der Waals surface area contributed by atoms with Crippen molar-refractivity contribution in [3.05, 3.63) is 32.8 Å². The fourth-order valence-electron chi connectivity index (χ4n) is 1.63. The second-order valence-corrected chi connectivity index (χ2v) is 4.50. The number of nitrogens with zero attached hydrogens (tertiary/aromatic N) is 1. The molecular formula is C12H17N3O5. The fourth-order valence-corrected chi connectivity index (χ4v) is 1.63. The van der Waals surface area contributed by atoms with E-state index in [1.807, 2.05) is 6.92 Å². The van der Waals surface area contributed by atoms with Crippen molar-refractivity contribution >= 4 is 11.9 Å². The number of amides is 1. The number of aromatic amines is 1. The maximum absolute atomic E-state index is 11.8. The van der Waals surface area contributed by atoms with Gasteiger partial charge in [-0.1, -0.05) is 20.3 Å². The summed E-state index contributed by atoms with van der Waals surface area (Å²) >= 11 is 0. The summed E-state index contributed by atoms with van der Waals surface area (Å²) in [7, 11) is 0. The molecule has 0 aromatic carbocycles. The Kier molecular flexibility index (Phi) is 5.24. The zero-order chi connectivity index (χ0) is 15.3. The van der Waals surface area contributed by atoms with E-state index >= 15 is 0 Å². The number of aromatic nitrogens is 2. The minimum atomic E-state index is -1.14. The maximum atomic E-state index is 11.8. The molecule has 0 saturated carbocycles. The van der Waals surface area contributed by atoms with Gasteiger partial charge in [-0.2, -0.15) is 0 Å². The minimum absolute atomic E-state index is 0.247. The molecule has 8 heteroatoms. The highest BCUT2D eigenvalue weighted by Gasteiger charge is 2.25. The van der Waals surface area contributed by atoms with E-state index in [0.29, 0.717) is 6.42 Å². The number of carbonyl (C=O) groups is 2. The average molecular weight is 283 g/mol. The number of nitrogens with one attached hydrogen (secondary N) is 2. The van der Waals surface area contributed by atoms with Crippen LogP contribution >= 0.6 is 0 Å². The van der Waals surface area contributed by atoms with E-state index in [2.05, 4.69) is 10.4 Å². The van der Waals surface area contributed by atoms with Gasteiger partial charge in [-0.15, -0.1) is 0 Å². The Balaban J connectivity index is 2.81. The summed E-state index contributed by atoms with van der Waals surface area (Å²) in [5.74, 6) is -2.04. The van der Waals surface area contributed by atoms with Gasteiger partial charge in [0.05, 0.1) is 0 Å². The molecule has 0 aliphatic carbocycles. The van der Waals surface area contributed by atoms with Crippen LogP contribution in [0.3, 0.4) is 0 Å². The molecule has 0 radical (unpaired) electrons. The summed E-state index contributed by atoms with van der Waals surface area (Å²) in [6.07, 6.45) is 0.583. The molecule has 0 spiro atoms. The van der Waals surface area contributed by atoms with Crippen LogP contribution < -0.4 is 16.4 Å². The molecule has 0 saturated heterocycles. The smallest absolute Gasteiger partial charge is 0.326 e. The first-order chi connectivity index (χ1) is 9.35. The highest BCUT2D eigenvalue weighted by Crippen LogP contribution is 2.07. The van der Waals surface area contributed by atoms with Crippen LogP contribution in [-0.2, 0) is 16.1 Å². The number of carbonyl (C=O) groups excluding carboxylic acids is 1. The van der Waals surface area contributed by atoms with E-state index in [0.717, 1.165) is 16.8 Å². The predicted molar refractivity (Wildman–Crippen MR) is 70.3 cm³/mol. The molecule has 3 N–H and O–H groups in total. The number of rotatable bonds is 6. The van der Waals surface area contributed by atoms with Crippen LogP contribution in [-0.4, -0.2) is 32.8 Å². The molecule has 110 valence electrons. The lowest BCUT2D eigenvalue weighted by Crippen LogP contribution is -2.47. The van der Waals surface area contributed by atoms with Gasteiger partial charge in [-0.25, -0.2) is 9.48 Å². The predicted octanol–water partition coefficient (Wildman–Crippen LogP) is -0.848. The molecule has 0 aliphatic rings. The van der Waals surface area contributed by atoms with Gasteiger partial charge in [0.2, 0.25) is 5.91 Å². The van der Waals surface area contributed by atoms with Crippen LogP contribution in [0.4, 0.5) is 0 Å². The maximum Gasteiger partial charge on any atom is 0.326 e. The Morgan fingerprint density at radius 3 is 2.60 bits per heavy atom. The number of hydrogen-bond acceptors (Lipinski definition) is 4. The van der Waals surface area contributed by atoms with Crippen molar-refractivity contribution in [1.82, 2.24) is 15.1 Å². The van der Waals surface area contributed by atoms with Gasteiger partial charge in [0.25, 0.3) is 11.1 Å². The van der Waals surface area contributed by atoms with Crippen molar-refractivity contribution in [2.24, 2.45) is 5.92 Å². The summed E-state index contributed by atoms with van der Waals surface area (Å²) < 4.78 is 0.827. The zero-order valence-corrected chi connectivity index (χ0v) is 11.3. The standard InChI is InChI=1S/C12H17N3O5/c1-3-7(2)11(12(19)20)13-9(17)6-15-10(18)5-4-8(16)14-15/h4-5,7,11H,3,6H2,1-2H3,(H,13,17)(H,14,16)(H,19,20). The molecule has 0 bridgehead atoms. The van der Waals surface area contributed by atoms with Gasteiger partial charge in [0.15, 0.2) is 0 Å². The highest BCUT2D eigenvalue weighted by atomic mass is 16.4. The molecule has 1 aromatic heterocycles. The van der Waals surface area contributed by atoms with Gasteiger partial charge in [-0.05, 0) is 5.92 Å². The molecule has 1 rings (SSSR count). The van der Waals surface area contributed by atoms with E-state index in [4.69, 9.17) is 5.11 Å². The van der Waals surface area contributed by atoms with E-state index in [1.54, 1.807) is 6.92 Å². The molecule has 0 fully saturated rings. The number of H-pyrrole nitrogens is 1. The highest BCUT2D eigenvalue weighted by molar-refractivity contribution is 5.83. The molecule has 2 unspecified atom stereocenters. The van der Waals surface area contributed by atoms with Gasteiger partial charge in [0.1, 0.15) is 12.6 Å². The lowest BCUT2D eigenvalue weighted by atomic mass is 9.99. The number of carboxylic acids is 1. The minimum Gasteiger partial charge on any atom is -0.480 e. The van der Waals surface area contributed by atoms with Crippen molar-refractivity contribution in [2.45, 2.75) is 32.9 Å². The first-order valence-electron chi connectivity index (χ1n) is 6.17. The average Bonchev–Trinajstić information content (AvgIpc) is 2.39. The van der Waals surface area contributed by atoms with E-state index in [-0.39, 0.29) is 5.92 Å². The van der Waals surface area contributed by atoms with Crippen molar-refractivity contribution < 1.29 is 14.7 Å². The molecular weight excluding hydrogens is 266 g/mol. The van der Waals surface area contributed by atoms with Crippen LogP contribution in [0.15, 0.2) is 21.7 Å². The molecule has 20 heavy (non-hydrogen) atoms. The molecule has 1 amide bonds. The third-order valence-corrected chi connectivity index (χ3v) is 2.99. The lowest BCUT2D eigenvalue weighted by molar-refractivity contribution is -0.143. The fraction of sp³-hybridized carbons (Fsp3) is 0.500. The SMILES string of the molecule is CCC(C)C(NC(=O)Cn1[nH]c(=O)ccc1=O)C(=O)O. The third kappa shape index (κ3) is 4.08. The van der Waals surface area contributed by atoms with Crippen LogP contribution in [0.5, 0.6) is 0 Å². The summed E-state index contributed by atoms with van der Waals surface area (Å²) in [6, 6.07) is 1.06. The zero-order valence-electron chi connectivity index (χ0n) is 11.3. The van der Waals surface area contributed by atoms with Crippen molar-refractivity contribution in [1.29, 1.82) is 0 Å². The second kappa shape index (κ2) is 6.69. The first kappa shape index (κ1) is 15.7. The van der Waals surface area contributed by atoms with Gasteiger partial charge < -0.3 is 10.4 Å². The molecule has 1 aromatic rings. The van der Waals surface area contributed by atoms with E-state index in [9.17, 15) is 19.2 Å². The quantitative estimate of drug-likeness (QED) is 0.628. The van der Waals surface area contributed by atoms with Crippen LogP contribution in [0.1, 0.15) is 20.3 Å². The summed E-state index contributed by atoms with van der Waals surface area (Å²) in [6.45, 7) is 3.08. The van der Waals surface area contributed by atoms with Gasteiger partial charge in [0, 0.05) is 12.1 Å². The van der Waals surface area contributed by atoms with Crippen molar-refractivity contribution in [2.75, 3.05) is 0 Å². The number of carboxylic acid groups (broad SMARTS) is 1. The van der Waals surface area contributed by atoms with Crippen molar-refractivity contribution in [3.63, 3.8) is 0 Å². The third-order valence-electron chi connectivity index (χ3n) is 2.99. The molecule has 1 heterocycles. The Hall–Kier alpha value is -2.38. The van der Waals surface area contributed by atoms with Crippen LogP contribution in [0.25, 0.3) is 0 Å². The lowest BCUT2D eigenvalue weighted by Gasteiger charge is -2.20. The molecule has 2 atom stereocenters. The Morgan fingerprint density at radius 2 is 2.05 bits per heavy atom. The Labute approximate surface area is 114 Å². The van der Waals surface area contributed by atoms with E-state index in [1.165, 1.54) is 0 Å². The molecule has 8 nitrogen and oxygen atoms in total. The van der Waals surface area contributed by atoms with E-state index < -0.39 is 35.6 Å². The molecule has 0 aliphatic heterocycles. The second-order valence-electron chi connectivity index (χ2n) is 4.50. The van der Waals surface area contributed by atoms with Gasteiger partial charge >= 0.3 is 5.97 Å². The topological polar surface area (TPSA) is 121 Å². The summed E-state index contributed by atoms with van der Waals surface area (Å²) in [4.78, 5) is 45.3. The number of aliphatic carboxylic acids is 1.